The number of β-amino-alcohol motifs (C(OH)–C–C–N with tert-alkyl or cyclic N) is 1. The molecule has 30 nitrogen and oxygen atoms in total. The van der Waals surface area contributed by atoms with Gasteiger partial charge in [0.1, 0.15) is 57.8 Å². The third-order valence-corrected chi connectivity index (χ3v) is 17.1. The zero-order chi connectivity index (χ0) is 79.3. The fourth-order valence-corrected chi connectivity index (χ4v) is 11.8. The molecule has 3 aliphatic rings. The number of aliphatic hydroxyl groups excluding tert-OH is 2. The second-order valence-corrected chi connectivity index (χ2v) is 27.0. The second-order valence-electron chi connectivity index (χ2n) is 25.8. The van der Waals surface area contributed by atoms with Crippen LogP contribution in [0.5, 0.6) is 34.5 Å². The summed E-state index contributed by atoms with van der Waals surface area (Å²) in [5.74, 6) is 1.48. The summed E-state index contributed by atoms with van der Waals surface area (Å²) >= 11 is 18.0. The number of hydrogen-bond donors (Lipinski definition) is 10. The van der Waals surface area contributed by atoms with Gasteiger partial charge in [-0.15, -0.1) is 5.60 Å². The van der Waals surface area contributed by atoms with E-state index in [2.05, 4.69) is 40.8 Å². The van der Waals surface area contributed by atoms with Crippen LogP contribution in [0.4, 0.5) is 4.79 Å². The van der Waals surface area contributed by atoms with E-state index >= 15 is 0 Å². The summed E-state index contributed by atoms with van der Waals surface area (Å²) in [5, 5.41) is 93.9. The minimum absolute atomic E-state index is 0. The van der Waals surface area contributed by atoms with Crippen molar-refractivity contribution >= 4 is 124 Å². The summed E-state index contributed by atoms with van der Waals surface area (Å²) in [6, 6.07) is 29.7. The largest absolute Gasteiger partial charge is 1.00 e. The topological polar surface area (TPSA) is 417 Å². The number of nitrogens with zero attached hydrogens (tertiary/aromatic N) is 9. The van der Waals surface area contributed by atoms with Gasteiger partial charge in [0.25, 0.3) is 11.5 Å². The Labute approximate surface area is 688 Å². The van der Waals surface area contributed by atoms with E-state index in [0.717, 1.165) is 64.0 Å². The number of amides is 2. The molecular formula is C72H85B3Cl3KN12O18. The van der Waals surface area contributed by atoms with Gasteiger partial charge in [-0.1, -0.05) is 68.9 Å². The van der Waals surface area contributed by atoms with Crippen LogP contribution in [0.3, 0.4) is 0 Å². The molecule has 2 radical (unpaired) electrons. The number of carbonyl (C=O) groups is 4. The molecule has 3 fully saturated rings. The van der Waals surface area contributed by atoms with Gasteiger partial charge in [0.15, 0.2) is 23.5 Å². The summed E-state index contributed by atoms with van der Waals surface area (Å²) in [4.78, 5) is 74.3. The first-order valence-electron chi connectivity index (χ1n) is 34.0. The van der Waals surface area contributed by atoms with Crippen molar-refractivity contribution in [2.24, 2.45) is 0 Å². The SMILES string of the molecule is CB(O)N1C[C@H](O)C[C@H]1C(=O)O.CC(C)(C)[O-].COc1ccc2c(Cl)cc(-n3cccn3)nc2c1.COc1ccc2c(Cl)cc(Cl)nc2c1.COc1ccc2c(O)cc(=O)[nH]c2c1.COc1ccc2c(O[C@@H]3C[C@@H](C(=O)O)N(B(C)O)C3)cc(-n3cccn3)nc2c1.[B]C(=O)N[C@@H](CCC)C(O)C(=O)NC1CC1.[K+]. The Balaban J connectivity index is 0.000000207. The molecule has 0 spiro atoms. The molecule has 2 saturated heterocycles. The smallest absolute Gasteiger partial charge is 0.850 e. The van der Waals surface area contributed by atoms with Gasteiger partial charge in [-0.3, -0.25) is 24.0 Å². The number of aromatic hydroxyl groups is 1. The van der Waals surface area contributed by atoms with Crippen LogP contribution in [-0.2, 0) is 14.4 Å². The minimum atomic E-state index is -1.23. The fraction of sp³-hybridized carbons (Fsp3) is 0.361. The quantitative estimate of drug-likeness (QED) is 0.0409. The molecule has 0 bridgehead atoms. The van der Waals surface area contributed by atoms with E-state index in [1.807, 2.05) is 67.7 Å². The third-order valence-electron chi connectivity index (χ3n) is 16.3. The van der Waals surface area contributed by atoms with Crippen molar-refractivity contribution in [2.75, 3.05) is 41.5 Å². The van der Waals surface area contributed by atoms with E-state index in [4.69, 9.17) is 81.6 Å². The number of carboxylic acids is 2. The molecule has 6 atom stereocenters. The standard InChI is InChI=1S/C19H21BN4O5.C13H10ClN3O.C10H17BN2O3.C10H7Cl2NO.C10H9NO3.C6H12BNO4.C4H9O.K/c1-20(27)23-11-13(9-16(23)19(25)26)29-17-10-18(24-7-3-6-21-24)22-15-8-12(28-2)4-5-14(15)17;1-18-9-3-4-10-11(14)8-13(16-12(10)7-9)17-6-2-5-15-17;1-2-3-7(13-10(11)16)8(14)9(15)12-6-4-5-6;1-14-6-2-3-7-8(11)5-10(12)13-9(7)4-6;1-14-6-2-3-7-8(4-6)11-10(13)5-9(7)12;1-7(12)8-3-4(9)2-5(8)6(10)11;1-4(2,3)5;/h3-8,10,13,16,27H,9,11H2,1-2H3,(H,25,26);2-8H,1H3;6-8,14H,2-5H2,1H3,(H,12,15)(H,13,16);2-5H,1H3;2-5H,1H3,(H2,11,12,13);4-5,9,12H,2-3H2,1H3,(H,10,11);1-3H3;/q;;;;;;-1;+1/t13-,16+;;7-,8?;;;4-,5+;;/m1.0..1../s1. The number of ether oxygens (including phenoxy) is 5. The fourth-order valence-electron chi connectivity index (χ4n) is 11.1. The van der Waals surface area contributed by atoms with Crippen molar-refractivity contribution in [1.29, 1.82) is 0 Å². The van der Waals surface area contributed by atoms with Crippen LogP contribution in [0.15, 0.2) is 139 Å². The number of pyridine rings is 4. The van der Waals surface area contributed by atoms with E-state index in [1.54, 1.807) is 133 Å². The van der Waals surface area contributed by atoms with Gasteiger partial charge in [0, 0.05) is 114 Å². The predicted octanol–water partition coefficient (Wildman–Crippen LogP) is 4.76. The van der Waals surface area contributed by atoms with Crippen LogP contribution in [0.1, 0.15) is 66.2 Å². The summed E-state index contributed by atoms with van der Waals surface area (Å²) < 4.78 is 30.1. The molecule has 8 heterocycles. The zero-order valence-corrected chi connectivity index (χ0v) is 67.3. The van der Waals surface area contributed by atoms with Crippen molar-refractivity contribution in [2.45, 2.75) is 128 Å². The molecule has 2 aliphatic heterocycles. The molecule has 6 aromatic heterocycles. The maximum atomic E-state index is 11.6. The molecule has 13 rings (SSSR count). The summed E-state index contributed by atoms with van der Waals surface area (Å²) in [7, 11) is 9.66. The number of benzene rings is 4. The van der Waals surface area contributed by atoms with Gasteiger partial charge in [-0.05, 0) is 106 Å². The number of hydrogen-bond acceptors (Lipinski definition) is 23. The molecular weight excluding hydrogens is 1500 g/mol. The van der Waals surface area contributed by atoms with Crippen molar-refractivity contribution in [3.8, 4) is 46.1 Å². The van der Waals surface area contributed by atoms with E-state index in [-0.39, 0.29) is 94.2 Å². The van der Waals surface area contributed by atoms with Crippen molar-refractivity contribution in [3.63, 3.8) is 0 Å². The monoisotopic (exact) mass is 1580 g/mol. The second kappa shape index (κ2) is 42.3. The van der Waals surface area contributed by atoms with E-state index < -0.39 is 73.7 Å². The van der Waals surface area contributed by atoms with Crippen LogP contribution in [0.2, 0.25) is 28.8 Å². The number of rotatable bonds is 18. The van der Waals surface area contributed by atoms with Crippen molar-refractivity contribution < 1.29 is 135 Å². The molecule has 572 valence electrons. The van der Waals surface area contributed by atoms with Gasteiger partial charge < -0.3 is 89.6 Å². The van der Waals surface area contributed by atoms with Crippen LogP contribution in [0, 0.1) is 0 Å². The number of carbonyl (C=O) groups excluding carboxylic acids is 2. The molecule has 37 heteroatoms. The number of aliphatic carboxylic acids is 2. The normalized spacial score (nSPS) is 16.3. The Morgan fingerprint density at radius 1 is 0.688 bits per heavy atom. The first-order chi connectivity index (χ1) is 51.2. The molecule has 10 aromatic rings. The Kier molecular flexibility index (Phi) is 34.8. The van der Waals surface area contributed by atoms with Gasteiger partial charge in [-0.25, -0.2) is 24.3 Å². The van der Waals surface area contributed by atoms with Gasteiger partial charge in [0.05, 0.1) is 72.7 Å². The number of carboxylic acid groups (broad SMARTS) is 2. The summed E-state index contributed by atoms with van der Waals surface area (Å²) in [6.45, 7) is 10.4. The van der Waals surface area contributed by atoms with E-state index in [9.17, 15) is 49.4 Å². The molecule has 1 saturated carbocycles. The van der Waals surface area contributed by atoms with E-state index in [0.29, 0.717) is 73.5 Å². The number of aromatic nitrogens is 8. The number of H-pyrrole nitrogens is 1. The third kappa shape index (κ3) is 27.1. The van der Waals surface area contributed by atoms with Gasteiger partial charge in [-0.2, -0.15) is 10.2 Å². The van der Waals surface area contributed by atoms with Crippen molar-refractivity contribution in [1.82, 2.24) is 59.8 Å². The minimum Gasteiger partial charge on any atom is -0.850 e. The maximum Gasteiger partial charge on any atom is 1.00 e. The summed E-state index contributed by atoms with van der Waals surface area (Å²) in [6.07, 6.45) is 8.36. The average molecular weight is 1580 g/mol. The number of methoxy groups -OCH3 is 4. The summed E-state index contributed by atoms with van der Waals surface area (Å²) in [5.41, 5.74) is 1.68. The Morgan fingerprint density at radius 2 is 1.15 bits per heavy atom. The number of aromatic amines is 1. The molecule has 2 amide bonds. The molecule has 10 N–H and O–H groups in total. The van der Waals surface area contributed by atoms with E-state index in [1.165, 1.54) is 16.4 Å². The first-order valence-corrected chi connectivity index (χ1v) is 35.1. The van der Waals surface area contributed by atoms with Crippen LogP contribution in [-0.4, -0.2) is 220 Å². The Bertz CT molecular complexity index is 4720. The average Bonchev–Trinajstić information content (AvgIpc) is 1.78. The predicted molar refractivity (Wildman–Crippen MR) is 410 cm³/mol. The molecule has 1 unspecified atom stereocenters. The number of nitrogens with one attached hydrogen (secondary N) is 3. The number of aliphatic hydroxyl groups is 2. The molecule has 109 heavy (non-hydrogen) atoms. The first kappa shape index (κ1) is 89.7. The maximum absolute atomic E-state index is 11.6. The van der Waals surface area contributed by atoms with Crippen LogP contribution >= 0.6 is 34.8 Å². The Hall–Kier alpha value is -8.16. The van der Waals surface area contributed by atoms with Crippen LogP contribution in [0.25, 0.3) is 55.2 Å². The number of fused-ring (bicyclic) bond motifs is 4. The molecule has 1 aliphatic carbocycles. The molecule has 4 aromatic carbocycles. The van der Waals surface area contributed by atoms with Gasteiger partial charge >= 0.3 is 77.4 Å². The zero-order valence-electron chi connectivity index (χ0n) is 61.9. The number of halogens is 3. The van der Waals surface area contributed by atoms with Crippen LogP contribution < -0.4 is 96.4 Å². The van der Waals surface area contributed by atoms with Gasteiger partial charge in [0.2, 0.25) is 7.85 Å². The Morgan fingerprint density at radius 3 is 1.60 bits per heavy atom. The van der Waals surface area contributed by atoms with Crippen molar-refractivity contribution in [3.05, 3.63) is 160 Å².